The fraction of sp³-hybridized carbons (Fsp3) is 0.148. The number of amides is 1. The number of rotatable bonds is 8. The van der Waals surface area contributed by atoms with E-state index in [0.717, 1.165) is 11.1 Å². The maximum absolute atomic E-state index is 13.2. The molecule has 0 atom stereocenters. The minimum Gasteiger partial charge on any atom is -0.493 e. The van der Waals surface area contributed by atoms with E-state index in [-0.39, 0.29) is 12.5 Å². The van der Waals surface area contributed by atoms with Gasteiger partial charge >= 0.3 is 5.97 Å². The lowest BCUT2D eigenvalue weighted by molar-refractivity contribution is -0.113. The lowest BCUT2D eigenvalue weighted by Gasteiger charge is -2.15. The molecule has 178 valence electrons. The smallest absolute Gasteiger partial charge is 0.338 e. The summed E-state index contributed by atoms with van der Waals surface area (Å²) in [6.45, 7) is 2.43. The molecular formula is C27H23NO5S2. The first-order valence-electron chi connectivity index (χ1n) is 10.9. The lowest BCUT2D eigenvalue weighted by atomic mass is 10.1. The van der Waals surface area contributed by atoms with Gasteiger partial charge in [0, 0.05) is 0 Å². The van der Waals surface area contributed by atoms with Crippen molar-refractivity contribution in [3.8, 4) is 11.5 Å². The molecular weight excluding hydrogens is 482 g/mol. The number of hydrogen-bond donors (Lipinski definition) is 0. The van der Waals surface area contributed by atoms with Crippen LogP contribution in [-0.4, -0.2) is 29.9 Å². The van der Waals surface area contributed by atoms with Gasteiger partial charge in [-0.1, -0.05) is 66.4 Å². The standard InChI is InChI=1S/C27H23NO5S2/c1-3-32-26(30)20-10-7-11-21(16-20)28-25(29)24(35-27(28)34)15-19-12-13-22(23(14-19)31-2)33-17-18-8-5-4-6-9-18/h4-16H,3,17H2,1-2H3/b24-15-. The molecule has 0 aliphatic carbocycles. The van der Waals surface area contributed by atoms with E-state index >= 15 is 0 Å². The maximum atomic E-state index is 13.2. The van der Waals surface area contributed by atoms with Gasteiger partial charge in [0.25, 0.3) is 5.91 Å². The highest BCUT2D eigenvalue weighted by molar-refractivity contribution is 8.27. The molecule has 1 aliphatic heterocycles. The summed E-state index contributed by atoms with van der Waals surface area (Å²) < 4.78 is 16.9. The van der Waals surface area contributed by atoms with E-state index in [4.69, 9.17) is 26.4 Å². The number of ether oxygens (including phenoxy) is 3. The third-order valence-corrected chi connectivity index (χ3v) is 6.43. The third kappa shape index (κ3) is 5.72. The van der Waals surface area contributed by atoms with Crippen molar-refractivity contribution in [2.45, 2.75) is 13.5 Å². The summed E-state index contributed by atoms with van der Waals surface area (Å²) in [4.78, 5) is 27.2. The molecule has 1 fully saturated rings. The molecule has 1 heterocycles. The van der Waals surface area contributed by atoms with E-state index in [9.17, 15) is 9.59 Å². The van der Waals surface area contributed by atoms with Crippen LogP contribution in [0, 0.1) is 0 Å². The van der Waals surface area contributed by atoms with Crippen molar-refractivity contribution >= 4 is 51.9 Å². The molecule has 1 amide bonds. The van der Waals surface area contributed by atoms with Crippen molar-refractivity contribution in [2.75, 3.05) is 18.6 Å². The van der Waals surface area contributed by atoms with E-state index < -0.39 is 5.97 Å². The number of benzene rings is 3. The Morgan fingerprint density at radius 1 is 1.03 bits per heavy atom. The van der Waals surface area contributed by atoms with Crippen LogP contribution in [0.1, 0.15) is 28.4 Å². The Morgan fingerprint density at radius 2 is 1.83 bits per heavy atom. The van der Waals surface area contributed by atoms with Gasteiger partial charge < -0.3 is 14.2 Å². The van der Waals surface area contributed by atoms with Crippen LogP contribution in [0.5, 0.6) is 11.5 Å². The molecule has 0 unspecified atom stereocenters. The Morgan fingerprint density at radius 3 is 2.57 bits per heavy atom. The van der Waals surface area contributed by atoms with Crippen LogP contribution in [0.4, 0.5) is 5.69 Å². The van der Waals surface area contributed by atoms with Gasteiger partial charge in [-0.25, -0.2) is 4.79 Å². The number of hydrogen-bond acceptors (Lipinski definition) is 7. The second kappa shape index (κ2) is 11.2. The molecule has 1 aliphatic rings. The molecule has 0 N–H and O–H groups in total. The number of carbonyl (C=O) groups excluding carboxylic acids is 2. The molecule has 6 nitrogen and oxygen atoms in total. The molecule has 3 aromatic carbocycles. The molecule has 4 rings (SSSR count). The van der Waals surface area contributed by atoms with Gasteiger partial charge in [0.2, 0.25) is 0 Å². The van der Waals surface area contributed by atoms with Gasteiger partial charge in [-0.2, -0.15) is 0 Å². The molecule has 0 radical (unpaired) electrons. The van der Waals surface area contributed by atoms with Crippen LogP contribution < -0.4 is 14.4 Å². The van der Waals surface area contributed by atoms with Gasteiger partial charge in [-0.3, -0.25) is 9.69 Å². The van der Waals surface area contributed by atoms with Crippen molar-refractivity contribution in [3.63, 3.8) is 0 Å². The van der Waals surface area contributed by atoms with E-state index in [0.29, 0.717) is 38.6 Å². The average Bonchev–Trinajstić information content (AvgIpc) is 3.16. The summed E-state index contributed by atoms with van der Waals surface area (Å²) in [5.74, 6) is 0.463. The predicted octanol–water partition coefficient (Wildman–Crippen LogP) is 5.86. The highest BCUT2D eigenvalue weighted by Crippen LogP contribution is 2.37. The number of thioether (sulfide) groups is 1. The zero-order chi connectivity index (χ0) is 24.8. The van der Waals surface area contributed by atoms with Crippen molar-refractivity contribution in [3.05, 3.63) is 94.4 Å². The zero-order valence-corrected chi connectivity index (χ0v) is 20.9. The lowest BCUT2D eigenvalue weighted by Crippen LogP contribution is -2.27. The Kier molecular flexibility index (Phi) is 7.84. The molecule has 1 saturated heterocycles. The largest absolute Gasteiger partial charge is 0.493 e. The van der Waals surface area contributed by atoms with Crippen LogP contribution in [0.2, 0.25) is 0 Å². The monoisotopic (exact) mass is 505 g/mol. The summed E-state index contributed by atoms with van der Waals surface area (Å²) in [6, 6.07) is 22.0. The highest BCUT2D eigenvalue weighted by atomic mass is 32.2. The minimum atomic E-state index is -0.447. The maximum Gasteiger partial charge on any atom is 0.338 e. The first-order valence-corrected chi connectivity index (χ1v) is 12.1. The summed E-state index contributed by atoms with van der Waals surface area (Å²) in [5.41, 5.74) is 2.70. The van der Waals surface area contributed by atoms with E-state index in [1.165, 1.54) is 16.7 Å². The molecule has 0 aromatic heterocycles. The predicted molar refractivity (Wildman–Crippen MR) is 142 cm³/mol. The number of anilines is 1. The molecule has 3 aromatic rings. The van der Waals surface area contributed by atoms with Crippen molar-refractivity contribution in [1.29, 1.82) is 0 Å². The number of thiocarbonyl (C=S) groups is 1. The van der Waals surface area contributed by atoms with Crippen LogP contribution >= 0.6 is 24.0 Å². The second-order valence-corrected chi connectivity index (χ2v) is 9.15. The summed E-state index contributed by atoms with van der Waals surface area (Å²) in [5, 5.41) is 0. The van der Waals surface area contributed by atoms with Crippen LogP contribution in [0.15, 0.2) is 77.7 Å². The fourth-order valence-corrected chi connectivity index (χ4v) is 4.76. The van der Waals surface area contributed by atoms with Gasteiger partial charge in [-0.05, 0) is 54.5 Å². The summed E-state index contributed by atoms with van der Waals surface area (Å²) in [6.07, 6.45) is 1.76. The van der Waals surface area contributed by atoms with E-state index in [2.05, 4.69) is 0 Å². The highest BCUT2D eigenvalue weighted by Gasteiger charge is 2.33. The van der Waals surface area contributed by atoms with Crippen LogP contribution in [-0.2, 0) is 16.1 Å². The van der Waals surface area contributed by atoms with Gasteiger partial charge in [0.1, 0.15) is 6.61 Å². The van der Waals surface area contributed by atoms with E-state index in [1.807, 2.05) is 48.5 Å². The molecule has 35 heavy (non-hydrogen) atoms. The van der Waals surface area contributed by atoms with Crippen molar-refractivity contribution < 1.29 is 23.8 Å². The first-order chi connectivity index (χ1) is 17.0. The van der Waals surface area contributed by atoms with Gasteiger partial charge in [-0.15, -0.1) is 0 Å². The number of esters is 1. The number of methoxy groups -OCH3 is 1. The minimum absolute atomic E-state index is 0.260. The normalized spacial score (nSPS) is 14.3. The van der Waals surface area contributed by atoms with Crippen LogP contribution in [0.25, 0.3) is 6.08 Å². The second-order valence-electron chi connectivity index (χ2n) is 7.47. The van der Waals surface area contributed by atoms with Crippen molar-refractivity contribution in [2.24, 2.45) is 0 Å². The van der Waals surface area contributed by atoms with Gasteiger partial charge in [0.05, 0.1) is 29.9 Å². The Hall–Kier alpha value is -3.62. The van der Waals surface area contributed by atoms with Crippen molar-refractivity contribution in [1.82, 2.24) is 0 Å². The quantitative estimate of drug-likeness (QED) is 0.216. The average molecular weight is 506 g/mol. The molecule has 8 heteroatoms. The summed E-state index contributed by atoms with van der Waals surface area (Å²) in [7, 11) is 1.57. The number of carbonyl (C=O) groups is 2. The SMILES string of the molecule is CCOC(=O)c1cccc(N2C(=O)/C(=C/c3ccc(OCc4ccccc4)c(OC)c3)SC2=S)c1. The molecule has 0 spiro atoms. The Bertz CT molecular complexity index is 1290. The first kappa shape index (κ1) is 24.5. The zero-order valence-electron chi connectivity index (χ0n) is 19.2. The molecule has 0 saturated carbocycles. The van der Waals surface area contributed by atoms with Crippen LogP contribution in [0.3, 0.4) is 0 Å². The van der Waals surface area contributed by atoms with Gasteiger partial charge in [0.15, 0.2) is 15.8 Å². The van der Waals surface area contributed by atoms with E-state index in [1.54, 1.807) is 44.4 Å². The third-order valence-electron chi connectivity index (χ3n) is 5.13. The fourth-order valence-electron chi connectivity index (χ4n) is 3.46. The Balaban J connectivity index is 1.53. The summed E-state index contributed by atoms with van der Waals surface area (Å²) >= 11 is 6.67. The molecule has 0 bridgehead atoms. The topological polar surface area (TPSA) is 65.1 Å². The number of nitrogens with zero attached hydrogens (tertiary/aromatic N) is 1. The Labute approximate surface area is 213 Å².